The number of likely N-dealkylation sites (tertiary alicyclic amines) is 1. The van der Waals surface area contributed by atoms with Crippen LogP contribution in [-0.2, 0) is 6.18 Å². The predicted molar refractivity (Wildman–Crippen MR) is 84.2 cm³/mol. The van der Waals surface area contributed by atoms with E-state index >= 15 is 0 Å². The maximum Gasteiger partial charge on any atom is 0.417 e. The molecule has 2 atom stereocenters. The molecule has 1 amide bonds. The number of nitrogens with zero attached hydrogens (tertiary/aromatic N) is 2. The zero-order chi connectivity index (χ0) is 15.0. The molecule has 2 aliphatic heterocycles. The molecule has 0 aliphatic carbocycles. The minimum atomic E-state index is -4.43. The highest BCUT2D eigenvalue weighted by atomic mass is 35.5. The van der Waals surface area contributed by atoms with Crippen molar-refractivity contribution < 1.29 is 18.0 Å². The number of rotatable bonds is 1. The van der Waals surface area contributed by atoms with Crippen LogP contribution in [-0.4, -0.2) is 41.0 Å². The van der Waals surface area contributed by atoms with Gasteiger partial charge in [0.2, 0.25) is 0 Å². The number of alkyl halides is 3. The van der Waals surface area contributed by atoms with Crippen LogP contribution in [0.3, 0.4) is 0 Å². The molecule has 1 aromatic rings. The predicted octanol–water partition coefficient (Wildman–Crippen LogP) is 2.91. The molecule has 2 bridgehead atoms. The largest absolute Gasteiger partial charge is 0.417 e. The minimum absolute atomic E-state index is 0. The van der Waals surface area contributed by atoms with Crippen LogP contribution in [0.15, 0.2) is 18.3 Å². The van der Waals surface area contributed by atoms with E-state index in [9.17, 15) is 18.0 Å². The van der Waals surface area contributed by atoms with Gasteiger partial charge >= 0.3 is 6.18 Å². The van der Waals surface area contributed by atoms with Crippen LogP contribution in [0.25, 0.3) is 0 Å². The number of amides is 1. The van der Waals surface area contributed by atoms with Gasteiger partial charge in [0.05, 0.1) is 5.56 Å². The van der Waals surface area contributed by atoms with Gasteiger partial charge in [0, 0.05) is 31.4 Å². The SMILES string of the molecule is Cl.Cl.O=C(c1ccc(C(F)(F)F)cn1)N1CCC2CCC(C1)N2. The zero-order valence-electron chi connectivity index (χ0n) is 12.2. The van der Waals surface area contributed by atoms with E-state index in [-0.39, 0.29) is 42.5 Å². The Balaban J connectivity index is 0.00000132. The Kier molecular flexibility index (Phi) is 6.68. The molecule has 2 unspecified atom stereocenters. The third-order valence-corrected chi connectivity index (χ3v) is 4.12. The third-order valence-electron chi connectivity index (χ3n) is 4.12. The smallest absolute Gasteiger partial charge is 0.336 e. The van der Waals surface area contributed by atoms with Crippen LogP contribution in [0, 0.1) is 0 Å². The van der Waals surface area contributed by atoms with Crippen molar-refractivity contribution in [2.24, 2.45) is 0 Å². The van der Waals surface area contributed by atoms with Crippen LogP contribution in [0.2, 0.25) is 0 Å². The lowest BCUT2D eigenvalue weighted by Gasteiger charge is -2.24. The Morgan fingerprint density at radius 2 is 1.87 bits per heavy atom. The molecule has 0 radical (unpaired) electrons. The molecule has 23 heavy (non-hydrogen) atoms. The lowest BCUT2D eigenvalue weighted by Crippen LogP contribution is -2.39. The Hall–Kier alpha value is -1.05. The fraction of sp³-hybridized carbons (Fsp3) is 0.571. The Bertz CT molecular complexity index is 539. The lowest BCUT2D eigenvalue weighted by molar-refractivity contribution is -0.137. The van der Waals surface area contributed by atoms with Gasteiger partial charge in [-0.25, -0.2) is 0 Å². The molecular formula is C14H18Cl2F3N3O. The zero-order valence-corrected chi connectivity index (χ0v) is 13.8. The van der Waals surface area contributed by atoms with E-state index in [2.05, 4.69) is 10.3 Å². The number of pyridine rings is 1. The van der Waals surface area contributed by atoms with E-state index in [1.165, 1.54) is 0 Å². The van der Waals surface area contributed by atoms with Gasteiger partial charge in [0.15, 0.2) is 0 Å². The number of hydrogen-bond acceptors (Lipinski definition) is 3. The van der Waals surface area contributed by atoms with Crippen molar-refractivity contribution in [2.75, 3.05) is 13.1 Å². The van der Waals surface area contributed by atoms with Crippen LogP contribution in [0.4, 0.5) is 13.2 Å². The summed E-state index contributed by atoms with van der Waals surface area (Å²) in [7, 11) is 0. The summed E-state index contributed by atoms with van der Waals surface area (Å²) in [5.41, 5.74) is -0.767. The van der Waals surface area contributed by atoms with E-state index in [0.29, 0.717) is 19.1 Å². The Labute approximate surface area is 144 Å². The maximum absolute atomic E-state index is 12.5. The molecule has 0 saturated carbocycles. The molecule has 0 spiro atoms. The number of aromatic nitrogens is 1. The van der Waals surface area contributed by atoms with E-state index in [1.807, 2.05) is 0 Å². The van der Waals surface area contributed by atoms with Crippen molar-refractivity contribution in [3.63, 3.8) is 0 Å². The summed E-state index contributed by atoms with van der Waals surface area (Å²) in [6.45, 7) is 1.22. The summed E-state index contributed by atoms with van der Waals surface area (Å²) in [6, 6.07) is 2.80. The molecule has 3 rings (SSSR count). The van der Waals surface area contributed by atoms with Gasteiger partial charge < -0.3 is 10.2 Å². The van der Waals surface area contributed by atoms with Gasteiger partial charge in [0.25, 0.3) is 5.91 Å². The first-order chi connectivity index (χ1) is 9.93. The van der Waals surface area contributed by atoms with Crippen LogP contribution < -0.4 is 5.32 Å². The second kappa shape index (κ2) is 7.68. The van der Waals surface area contributed by atoms with E-state index in [0.717, 1.165) is 37.6 Å². The van der Waals surface area contributed by atoms with Crippen molar-refractivity contribution >= 4 is 30.7 Å². The minimum Gasteiger partial charge on any atom is -0.336 e. The van der Waals surface area contributed by atoms with Crippen molar-refractivity contribution in [1.29, 1.82) is 0 Å². The molecule has 4 nitrogen and oxygen atoms in total. The van der Waals surface area contributed by atoms with Gasteiger partial charge in [-0.05, 0) is 31.4 Å². The number of halogens is 5. The first-order valence-corrected chi connectivity index (χ1v) is 7.02. The van der Waals surface area contributed by atoms with E-state index in [1.54, 1.807) is 4.90 Å². The van der Waals surface area contributed by atoms with Crippen LogP contribution in [0.5, 0.6) is 0 Å². The fourth-order valence-electron chi connectivity index (χ4n) is 2.98. The Morgan fingerprint density at radius 3 is 2.48 bits per heavy atom. The average Bonchev–Trinajstić information content (AvgIpc) is 2.77. The van der Waals surface area contributed by atoms with Crippen molar-refractivity contribution in [3.05, 3.63) is 29.6 Å². The quantitative estimate of drug-likeness (QED) is 0.825. The molecule has 2 aliphatic rings. The maximum atomic E-state index is 12.5. The highest BCUT2D eigenvalue weighted by molar-refractivity contribution is 5.92. The average molecular weight is 372 g/mol. The second-order valence-electron chi connectivity index (χ2n) is 5.61. The van der Waals surface area contributed by atoms with Gasteiger partial charge in [-0.1, -0.05) is 0 Å². The molecule has 130 valence electrons. The summed E-state index contributed by atoms with van der Waals surface area (Å²) in [6.07, 6.45) is -0.668. The normalized spacial score (nSPS) is 23.5. The number of hydrogen-bond donors (Lipinski definition) is 1. The summed E-state index contributed by atoms with van der Waals surface area (Å²) < 4.78 is 37.5. The van der Waals surface area contributed by atoms with E-state index < -0.39 is 11.7 Å². The lowest BCUT2D eigenvalue weighted by atomic mass is 10.1. The van der Waals surface area contributed by atoms with Gasteiger partial charge in [-0.3, -0.25) is 9.78 Å². The molecule has 2 saturated heterocycles. The highest BCUT2D eigenvalue weighted by Crippen LogP contribution is 2.28. The number of nitrogens with one attached hydrogen (secondary N) is 1. The summed E-state index contributed by atoms with van der Waals surface area (Å²) in [5, 5.41) is 3.46. The molecule has 9 heteroatoms. The molecule has 0 aromatic carbocycles. The summed E-state index contributed by atoms with van der Waals surface area (Å²) in [4.78, 5) is 17.7. The van der Waals surface area contributed by atoms with Crippen LogP contribution in [0.1, 0.15) is 35.3 Å². The first-order valence-electron chi connectivity index (χ1n) is 7.02. The first kappa shape index (κ1) is 20.0. The summed E-state index contributed by atoms with van der Waals surface area (Å²) in [5.74, 6) is -0.293. The third kappa shape index (κ3) is 4.49. The second-order valence-corrected chi connectivity index (χ2v) is 5.61. The highest BCUT2D eigenvalue weighted by Gasteiger charge is 2.33. The van der Waals surface area contributed by atoms with E-state index in [4.69, 9.17) is 0 Å². The van der Waals surface area contributed by atoms with Crippen molar-refractivity contribution in [3.8, 4) is 0 Å². The molecule has 1 N–H and O–H groups in total. The number of fused-ring (bicyclic) bond motifs is 2. The fourth-order valence-corrected chi connectivity index (χ4v) is 2.98. The monoisotopic (exact) mass is 371 g/mol. The Morgan fingerprint density at radius 1 is 1.17 bits per heavy atom. The molecule has 2 fully saturated rings. The molecule has 1 aromatic heterocycles. The van der Waals surface area contributed by atoms with Crippen molar-refractivity contribution in [1.82, 2.24) is 15.2 Å². The molecular weight excluding hydrogens is 354 g/mol. The number of carbonyl (C=O) groups excluding carboxylic acids is 1. The van der Waals surface area contributed by atoms with Gasteiger partial charge in [-0.15, -0.1) is 24.8 Å². The van der Waals surface area contributed by atoms with Crippen LogP contribution >= 0.6 is 24.8 Å². The molecule has 3 heterocycles. The standard InChI is InChI=1S/C14H16F3N3O.2ClH/c15-14(16,17)9-1-4-12(18-7-9)13(21)20-6-5-10-2-3-11(8-20)19-10;;/h1,4,7,10-11,19H,2-3,5-6,8H2;2*1H. The van der Waals surface area contributed by atoms with Gasteiger partial charge in [-0.2, -0.15) is 13.2 Å². The summed E-state index contributed by atoms with van der Waals surface area (Å²) >= 11 is 0. The van der Waals surface area contributed by atoms with Crippen molar-refractivity contribution in [2.45, 2.75) is 37.5 Å². The topological polar surface area (TPSA) is 45.2 Å². The number of carbonyl (C=O) groups is 1. The van der Waals surface area contributed by atoms with Gasteiger partial charge in [0.1, 0.15) is 5.69 Å².